The van der Waals surface area contributed by atoms with Gasteiger partial charge in [-0.25, -0.2) is 0 Å². The van der Waals surface area contributed by atoms with Gasteiger partial charge in [-0.2, -0.15) is 13.2 Å². The van der Waals surface area contributed by atoms with Crippen LogP contribution in [0.25, 0.3) is 11.1 Å². The summed E-state index contributed by atoms with van der Waals surface area (Å²) in [5, 5.41) is 2.69. The van der Waals surface area contributed by atoms with Crippen molar-refractivity contribution in [2.45, 2.75) is 38.0 Å². The van der Waals surface area contributed by atoms with E-state index in [9.17, 15) is 22.8 Å². The maximum Gasteiger partial charge on any atom is 0.416 e. The van der Waals surface area contributed by atoms with Gasteiger partial charge in [0.25, 0.3) is 11.8 Å². The van der Waals surface area contributed by atoms with E-state index in [4.69, 9.17) is 0 Å². The second kappa shape index (κ2) is 7.47. The van der Waals surface area contributed by atoms with Crippen molar-refractivity contribution in [2.75, 3.05) is 5.32 Å². The number of carbonyl (C=O) groups excluding carboxylic acids is 2. The molecule has 0 atom stereocenters. The Morgan fingerprint density at radius 2 is 1.58 bits per heavy atom. The smallest absolute Gasteiger partial charge is 0.329 e. The molecule has 33 heavy (non-hydrogen) atoms. The van der Waals surface area contributed by atoms with E-state index in [0.717, 1.165) is 59.4 Å². The standard InChI is InChI=1S/C26H21F3N2O2/c1-25(12-13-25)31-15-19-3-2-18(14-22(19)24(31)33)16-6-10-21(11-7-16)30-23(32)17-4-8-20(9-5-17)26(27,28)29/h2-11,14H,12-13,15H2,1H3,(H,30,32). The van der Waals surface area contributed by atoms with Gasteiger partial charge in [0.05, 0.1) is 5.56 Å². The van der Waals surface area contributed by atoms with Crippen molar-refractivity contribution in [3.05, 3.63) is 89.0 Å². The third-order valence-electron chi connectivity index (χ3n) is 6.49. The molecule has 7 heteroatoms. The van der Waals surface area contributed by atoms with E-state index < -0.39 is 17.6 Å². The molecule has 1 aliphatic carbocycles. The number of carbonyl (C=O) groups is 2. The van der Waals surface area contributed by atoms with Gasteiger partial charge in [0.1, 0.15) is 0 Å². The highest BCUT2D eigenvalue weighted by Crippen LogP contribution is 2.45. The molecule has 1 fully saturated rings. The van der Waals surface area contributed by atoms with E-state index in [1.54, 1.807) is 12.1 Å². The summed E-state index contributed by atoms with van der Waals surface area (Å²) in [5.74, 6) is -0.416. The lowest BCUT2D eigenvalue weighted by Gasteiger charge is -2.23. The van der Waals surface area contributed by atoms with Crippen molar-refractivity contribution in [3.63, 3.8) is 0 Å². The topological polar surface area (TPSA) is 49.4 Å². The summed E-state index contributed by atoms with van der Waals surface area (Å²) in [6.07, 6.45) is -2.36. The van der Waals surface area contributed by atoms with Crippen molar-refractivity contribution >= 4 is 17.5 Å². The summed E-state index contributed by atoms with van der Waals surface area (Å²) < 4.78 is 38.1. The largest absolute Gasteiger partial charge is 0.416 e. The number of fused-ring (bicyclic) bond motifs is 1. The quantitative estimate of drug-likeness (QED) is 0.520. The first-order valence-electron chi connectivity index (χ1n) is 10.7. The lowest BCUT2D eigenvalue weighted by atomic mass is 10.00. The molecule has 168 valence electrons. The molecule has 5 rings (SSSR count). The van der Waals surface area contributed by atoms with Crippen LogP contribution in [0.5, 0.6) is 0 Å². The van der Waals surface area contributed by atoms with Crippen molar-refractivity contribution in [1.29, 1.82) is 0 Å². The molecule has 0 radical (unpaired) electrons. The molecular formula is C26H21F3N2O2. The minimum atomic E-state index is -4.44. The zero-order valence-electron chi connectivity index (χ0n) is 17.9. The lowest BCUT2D eigenvalue weighted by Crippen LogP contribution is -2.34. The first-order valence-corrected chi connectivity index (χ1v) is 10.7. The van der Waals surface area contributed by atoms with Gasteiger partial charge in [-0.15, -0.1) is 0 Å². The summed E-state index contributed by atoms with van der Waals surface area (Å²) in [5.41, 5.74) is 3.43. The maximum atomic E-state index is 12.9. The third-order valence-corrected chi connectivity index (χ3v) is 6.49. The fourth-order valence-electron chi connectivity index (χ4n) is 4.13. The van der Waals surface area contributed by atoms with Crippen LogP contribution in [0.2, 0.25) is 0 Å². The summed E-state index contributed by atoms with van der Waals surface area (Å²) >= 11 is 0. The van der Waals surface area contributed by atoms with E-state index in [0.29, 0.717) is 12.2 Å². The van der Waals surface area contributed by atoms with Crippen LogP contribution in [0, 0.1) is 0 Å². The monoisotopic (exact) mass is 450 g/mol. The fourth-order valence-corrected chi connectivity index (χ4v) is 4.13. The minimum Gasteiger partial charge on any atom is -0.329 e. The molecule has 2 amide bonds. The number of hydrogen-bond acceptors (Lipinski definition) is 2. The number of nitrogens with one attached hydrogen (secondary N) is 1. The molecule has 0 aromatic heterocycles. The highest BCUT2D eigenvalue weighted by Gasteiger charge is 2.48. The number of benzene rings is 3. The van der Waals surface area contributed by atoms with Gasteiger partial charge in [0.2, 0.25) is 0 Å². The Bertz CT molecular complexity index is 1240. The molecule has 1 heterocycles. The number of nitrogens with zero attached hydrogens (tertiary/aromatic N) is 1. The van der Waals surface area contributed by atoms with E-state index in [1.807, 2.05) is 35.2 Å². The number of rotatable bonds is 4. The van der Waals surface area contributed by atoms with E-state index in [1.165, 1.54) is 0 Å². The SMILES string of the molecule is CC1(N2Cc3ccc(-c4ccc(NC(=O)c5ccc(C(F)(F)F)cc5)cc4)cc3C2=O)CC1. The van der Waals surface area contributed by atoms with E-state index in [2.05, 4.69) is 12.2 Å². The van der Waals surface area contributed by atoms with Crippen molar-refractivity contribution in [3.8, 4) is 11.1 Å². The molecule has 0 saturated heterocycles. The molecule has 1 aliphatic heterocycles. The van der Waals surface area contributed by atoms with Gasteiger partial charge in [0, 0.05) is 28.9 Å². The molecule has 0 unspecified atom stereocenters. The van der Waals surface area contributed by atoms with Crippen molar-refractivity contribution in [2.24, 2.45) is 0 Å². The predicted octanol–water partition coefficient (Wildman–Crippen LogP) is 6.13. The lowest BCUT2D eigenvalue weighted by molar-refractivity contribution is -0.137. The number of halogens is 3. The molecule has 0 bridgehead atoms. The van der Waals surface area contributed by atoms with Crippen LogP contribution in [-0.2, 0) is 12.7 Å². The minimum absolute atomic E-state index is 0.0107. The van der Waals surface area contributed by atoms with Gasteiger partial charge in [0.15, 0.2) is 0 Å². The van der Waals surface area contributed by atoms with Crippen molar-refractivity contribution in [1.82, 2.24) is 4.90 Å². The Morgan fingerprint density at radius 3 is 2.18 bits per heavy atom. The summed E-state index contributed by atoms with van der Waals surface area (Å²) in [7, 11) is 0. The molecule has 4 nitrogen and oxygen atoms in total. The normalized spacial score (nSPS) is 16.5. The van der Waals surface area contributed by atoms with Crippen LogP contribution in [0.3, 0.4) is 0 Å². The fraction of sp³-hybridized carbons (Fsp3) is 0.231. The summed E-state index contributed by atoms with van der Waals surface area (Å²) in [6, 6.07) is 17.1. The predicted molar refractivity (Wildman–Crippen MR) is 119 cm³/mol. The van der Waals surface area contributed by atoms with E-state index >= 15 is 0 Å². The maximum absolute atomic E-state index is 12.9. The number of hydrogen-bond donors (Lipinski definition) is 1. The van der Waals surface area contributed by atoms with Gasteiger partial charge in [-0.1, -0.05) is 24.3 Å². The number of anilines is 1. The Morgan fingerprint density at radius 1 is 0.939 bits per heavy atom. The highest BCUT2D eigenvalue weighted by atomic mass is 19.4. The molecule has 1 saturated carbocycles. The van der Waals surface area contributed by atoms with Gasteiger partial charge >= 0.3 is 6.18 Å². The summed E-state index contributed by atoms with van der Waals surface area (Å²) in [4.78, 5) is 27.2. The molecule has 0 spiro atoms. The molecule has 2 aliphatic rings. The zero-order valence-corrected chi connectivity index (χ0v) is 17.9. The van der Waals surface area contributed by atoms with Crippen LogP contribution in [-0.4, -0.2) is 22.3 Å². The van der Waals surface area contributed by atoms with Crippen molar-refractivity contribution < 1.29 is 22.8 Å². The van der Waals surface area contributed by atoms with Crippen LogP contribution in [0.15, 0.2) is 66.7 Å². The highest BCUT2D eigenvalue weighted by molar-refractivity contribution is 6.04. The molecule has 3 aromatic carbocycles. The average Bonchev–Trinajstić information content (AvgIpc) is 3.46. The Balaban J connectivity index is 1.29. The first kappa shape index (κ1) is 21.2. The summed E-state index contributed by atoms with van der Waals surface area (Å²) in [6.45, 7) is 2.77. The molecular weight excluding hydrogens is 429 g/mol. The van der Waals surface area contributed by atoms with E-state index in [-0.39, 0.29) is 17.0 Å². The average molecular weight is 450 g/mol. The zero-order chi connectivity index (χ0) is 23.4. The number of amides is 2. The molecule has 3 aromatic rings. The van der Waals surface area contributed by atoms with Crippen LogP contribution in [0.1, 0.15) is 51.6 Å². The van der Waals surface area contributed by atoms with Crippen LogP contribution >= 0.6 is 0 Å². The van der Waals surface area contributed by atoms with Crippen LogP contribution in [0.4, 0.5) is 18.9 Å². The Hall–Kier alpha value is -3.61. The second-order valence-corrected chi connectivity index (χ2v) is 8.87. The van der Waals surface area contributed by atoms with Gasteiger partial charge < -0.3 is 10.2 Å². The second-order valence-electron chi connectivity index (χ2n) is 8.87. The van der Waals surface area contributed by atoms with Gasteiger partial charge in [-0.05, 0) is 78.9 Å². The Labute approximate surface area is 189 Å². The first-order chi connectivity index (χ1) is 15.6. The van der Waals surface area contributed by atoms with Gasteiger partial charge in [-0.3, -0.25) is 9.59 Å². The number of alkyl halides is 3. The third kappa shape index (κ3) is 3.99. The molecule has 1 N–H and O–H groups in total. The van der Waals surface area contributed by atoms with Crippen LogP contribution < -0.4 is 5.32 Å². The Kier molecular flexibility index (Phi) is 4.81.